The average molecular weight is 418 g/mol. The van der Waals surface area contributed by atoms with Crippen LogP contribution in [0, 0.1) is 5.41 Å². The monoisotopic (exact) mass is 417 g/mol. The Labute approximate surface area is 170 Å². The summed E-state index contributed by atoms with van der Waals surface area (Å²) < 4.78 is 0. The number of piperidine rings is 1. The van der Waals surface area contributed by atoms with Gasteiger partial charge in [0.15, 0.2) is 0 Å². The molecule has 2 aromatic heterocycles. The van der Waals surface area contributed by atoms with E-state index < -0.39 is 0 Å². The molecule has 2 fully saturated rings. The van der Waals surface area contributed by atoms with Gasteiger partial charge in [0.05, 0.1) is 0 Å². The Morgan fingerprint density at radius 3 is 2.81 bits per heavy atom. The minimum Gasteiger partial charge on any atom is -0.335 e. The molecule has 6 nitrogen and oxygen atoms in total. The third-order valence-corrected chi connectivity index (χ3v) is 6.15. The predicted molar refractivity (Wildman–Crippen MR) is 107 cm³/mol. The SMILES string of the molecule is Cl.Cl.O=C(CCc1ncn[nH]1)N(Cc1ccsc1)C1CC12CCNCC2. The van der Waals surface area contributed by atoms with Gasteiger partial charge in [-0.15, -0.1) is 24.8 Å². The van der Waals surface area contributed by atoms with Crippen molar-refractivity contribution in [1.29, 1.82) is 0 Å². The van der Waals surface area contributed by atoms with E-state index in [2.05, 4.69) is 42.2 Å². The molecular formula is C17H25Cl2N5OS. The van der Waals surface area contributed by atoms with Gasteiger partial charge >= 0.3 is 0 Å². The topological polar surface area (TPSA) is 73.9 Å². The highest BCUT2D eigenvalue weighted by Gasteiger charge is 2.57. The molecule has 0 radical (unpaired) electrons. The van der Waals surface area contributed by atoms with E-state index in [4.69, 9.17) is 0 Å². The number of hydrogen-bond donors (Lipinski definition) is 2. The molecule has 3 heterocycles. The minimum atomic E-state index is 0. The van der Waals surface area contributed by atoms with Crippen LogP contribution in [0.1, 0.15) is 37.1 Å². The summed E-state index contributed by atoms with van der Waals surface area (Å²) >= 11 is 1.69. The zero-order chi connectivity index (χ0) is 16.4. The number of hydrogen-bond acceptors (Lipinski definition) is 5. The van der Waals surface area contributed by atoms with Crippen LogP contribution in [0.25, 0.3) is 0 Å². The largest absolute Gasteiger partial charge is 0.335 e. The van der Waals surface area contributed by atoms with E-state index in [0.29, 0.717) is 24.3 Å². The van der Waals surface area contributed by atoms with E-state index in [9.17, 15) is 4.79 Å². The zero-order valence-electron chi connectivity index (χ0n) is 14.5. The average Bonchev–Trinajstić information content (AvgIpc) is 3.06. The maximum absolute atomic E-state index is 12.9. The molecule has 1 atom stereocenters. The summed E-state index contributed by atoms with van der Waals surface area (Å²) in [7, 11) is 0. The molecule has 26 heavy (non-hydrogen) atoms. The molecule has 1 saturated heterocycles. The number of nitrogens with one attached hydrogen (secondary N) is 2. The summed E-state index contributed by atoms with van der Waals surface area (Å²) in [5.74, 6) is 1.02. The normalized spacial score (nSPS) is 20.1. The fraction of sp³-hybridized carbons (Fsp3) is 0.588. The third kappa shape index (κ3) is 4.57. The van der Waals surface area contributed by atoms with Crippen molar-refractivity contribution < 1.29 is 4.79 Å². The van der Waals surface area contributed by atoms with Crippen molar-refractivity contribution in [2.45, 2.75) is 44.7 Å². The van der Waals surface area contributed by atoms with Gasteiger partial charge in [-0.05, 0) is 60.2 Å². The molecule has 4 rings (SSSR count). The zero-order valence-corrected chi connectivity index (χ0v) is 17.0. The third-order valence-electron chi connectivity index (χ3n) is 5.42. The first-order valence-corrected chi connectivity index (χ1v) is 9.57. The van der Waals surface area contributed by atoms with Crippen LogP contribution >= 0.6 is 36.2 Å². The molecule has 1 amide bonds. The van der Waals surface area contributed by atoms with Gasteiger partial charge in [-0.25, -0.2) is 4.98 Å². The van der Waals surface area contributed by atoms with Crippen LogP contribution in [0.4, 0.5) is 0 Å². The van der Waals surface area contributed by atoms with Crippen LogP contribution in [0.2, 0.25) is 0 Å². The van der Waals surface area contributed by atoms with Crippen LogP contribution in [-0.2, 0) is 17.8 Å². The van der Waals surface area contributed by atoms with E-state index >= 15 is 0 Å². The Hall–Kier alpha value is -1.15. The quantitative estimate of drug-likeness (QED) is 0.757. The van der Waals surface area contributed by atoms with Crippen LogP contribution < -0.4 is 5.32 Å². The number of halogens is 2. The lowest BCUT2D eigenvalue weighted by Gasteiger charge is -2.29. The second kappa shape index (κ2) is 9.17. The molecule has 1 spiro atoms. The number of H-pyrrole nitrogens is 1. The van der Waals surface area contributed by atoms with Gasteiger partial charge in [-0.3, -0.25) is 9.89 Å². The summed E-state index contributed by atoms with van der Waals surface area (Å²) in [5, 5.41) is 14.4. The highest BCUT2D eigenvalue weighted by molar-refractivity contribution is 7.07. The number of amides is 1. The maximum atomic E-state index is 12.9. The first-order valence-electron chi connectivity index (χ1n) is 8.62. The number of carbonyl (C=O) groups excluding carboxylic acids is 1. The Balaban J connectivity index is 0.00000121. The van der Waals surface area contributed by atoms with Crippen LogP contribution in [0.15, 0.2) is 23.2 Å². The smallest absolute Gasteiger partial charge is 0.223 e. The van der Waals surface area contributed by atoms with Crippen LogP contribution in [-0.4, -0.2) is 45.1 Å². The van der Waals surface area contributed by atoms with E-state index in [0.717, 1.165) is 31.9 Å². The van der Waals surface area contributed by atoms with Crippen LogP contribution in [0.3, 0.4) is 0 Å². The van der Waals surface area contributed by atoms with Crippen molar-refractivity contribution in [3.8, 4) is 0 Å². The van der Waals surface area contributed by atoms with Gasteiger partial charge < -0.3 is 10.2 Å². The molecule has 0 aromatic carbocycles. The fourth-order valence-corrected chi connectivity index (χ4v) is 4.56. The lowest BCUT2D eigenvalue weighted by atomic mass is 9.93. The van der Waals surface area contributed by atoms with E-state index in [1.807, 2.05) is 0 Å². The summed E-state index contributed by atoms with van der Waals surface area (Å²) in [5.41, 5.74) is 1.60. The van der Waals surface area contributed by atoms with Crippen molar-refractivity contribution in [2.24, 2.45) is 5.41 Å². The first-order chi connectivity index (χ1) is 11.8. The number of aromatic nitrogens is 3. The van der Waals surface area contributed by atoms with Crippen molar-refractivity contribution in [3.63, 3.8) is 0 Å². The first kappa shape index (κ1) is 21.2. The molecule has 144 valence electrons. The summed E-state index contributed by atoms with van der Waals surface area (Å²) in [6.45, 7) is 2.89. The van der Waals surface area contributed by atoms with Crippen molar-refractivity contribution in [1.82, 2.24) is 25.4 Å². The van der Waals surface area contributed by atoms with Gasteiger partial charge in [0.2, 0.25) is 5.91 Å². The van der Waals surface area contributed by atoms with Gasteiger partial charge in [-0.2, -0.15) is 16.4 Å². The lowest BCUT2D eigenvalue weighted by Crippen LogP contribution is -2.39. The van der Waals surface area contributed by atoms with Crippen molar-refractivity contribution >= 4 is 42.1 Å². The molecular weight excluding hydrogens is 393 g/mol. The van der Waals surface area contributed by atoms with Crippen molar-refractivity contribution in [2.75, 3.05) is 13.1 Å². The van der Waals surface area contributed by atoms with Gasteiger partial charge in [0.25, 0.3) is 0 Å². The Morgan fingerprint density at radius 1 is 1.35 bits per heavy atom. The number of aryl methyl sites for hydroxylation is 1. The van der Waals surface area contributed by atoms with E-state index in [-0.39, 0.29) is 30.7 Å². The Bertz CT molecular complexity index is 673. The maximum Gasteiger partial charge on any atom is 0.223 e. The number of rotatable bonds is 6. The molecule has 2 aromatic rings. The molecule has 9 heteroatoms. The van der Waals surface area contributed by atoms with E-state index in [1.165, 1.54) is 24.7 Å². The molecule has 2 aliphatic rings. The minimum absolute atomic E-state index is 0. The Kier molecular flexibility index (Phi) is 7.46. The van der Waals surface area contributed by atoms with Crippen LogP contribution in [0.5, 0.6) is 0 Å². The lowest BCUT2D eigenvalue weighted by molar-refractivity contribution is -0.133. The number of carbonyl (C=O) groups is 1. The van der Waals surface area contributed by atoms with Gasteiger partial charge in [-0.1, -0.05) is 0 Å². The van der Waals surface area contributed by atoms with Gasteiger partial charge in [0, 0.05) is 25.4 Å². The molecule has 0 bridgehead atoms. The summed E-state index contributed by atoms with van der Waals surface area (Å²) in [4.78, 5) is 19.2. The Morgan fingerprint density at radius 2 is 2.15 bits per heavy atom. The molecule has 1 saturated carbocycles. The second-order valence-corrected chi connectivity index (χ2v) is 7.70. The highest BCUT2D eigenvalue weighted by Crippen LogP contribution is 2.56. The number of aromatic amines is 1. The fourth-order valence-electron chi connectivity index (χ4n) is 3.90. The molecule has 2 N–H and O–H groups in total. The molecule has 1 aliphatic carbocycles. The van der Waals surface area contributed by atoms with Gasteiger partial charge in [0.1, 0.15) is 12.2 Å². The highest BCUT2D eigenvalue weighted by atomic mass is 35.5. The summed E-state index contributed by atoms with van der Waals surface area (Å²) in [6.07, 6.45) is 6.14. The molecule has 1 unspecified atom stereocenters. The van der Waals surface area contributed by atoms with E-state index in [1.54, 1.807) is 11.3 Å². The summed E-state index contributed by atoms with van der Waals surface area (Å²) in [6, 6.07) is 2.53. The second-order valence-electron chi connectivity index (χ2n) is 6.92. The van der Waals surface area contributed by atoms with Crippen molar-refractivity contribution in [3.05, 3.63) is 34.5 Å². The molecule has 1 aliphatic heterocycles. The standard InChI is InChI=1S/C17H23N5OS.2ClH/c23-16(2-1-15-19-12-20-21-15)22(10-13-3-8-24-11-13)14-9-17(14)4-6-18-7-5-17;;/h3,8,11-12,14,18H,1-2,4-7,9-10H2,(H,19,20,21);2*1H. The number of thiophene rings is 1. The number of nitrogens with zero attached hydrogens (tertiary/aromatic N) is 3. The predicted octanol–water partition coefficient (Wildman–Crippen LogP) is 2.81.